The van der Waals surface area contributed by atoms with E-state index >= 15 is 0 Å². The molecule has 1 saturated heterocycles. The van der Waals surface area contributed by atoms with Crippen LogP contribution in [-0.2, 0) is 4.79 Å². The molecule has 0 aromatic carbocycles. The molecule has 1 aliphatic carbocycles. The van der Waals surface area contributed by atoms with Crippen LogP contribution in [0, 0.1) is 0 Å². The predicted octanol–water partition coefficient (Wildman–Crippen LogP) is 0.564. The first kappa shape index (κ1) is 18.8. The molecule has 0 unspecified atom stereocenters. The normalized spacial score (nSPS) is 23.2. The van der Waals surface area contributed by atoms with E-state index < -0.39 is 6.10 Å². The molecule has 9 nitrogen and oxygen atoms in total. The Kier molecular flexibility index (Phi) is 5.03. The van der Waals surface area contributed by atoms with E-state index in [2.05, 4.69) is 15.3 Å². The fraction of sp³-hybridized carbons (Fsp3) is 0.579. The van der Waals surface area contributed by atoms with Crippen molar-refractivity contribution in [1.82, 2.24) is 19.9 Å². The molecule has 150 valence electrons. The Morgan fingerprint density at radius 3 is 2.71 bits per heavy atom. The van der Waals surface area contributed by atoms with Gasteiger partial charge in [-0.3, -0.25) is 19.1 Å². The Morgan fingerprint density at radius 2 is 2.07 bits per heavy atom. The van der Waals surface area contributed by atoms with Crippen LogP contribution in [0.3, 0.4) is 0 Å². The lowest BCUT2D eigenvalue weighted by Crippen LogP contribution is -2.46. The van der Waals surface area contributed by atoms with Gasteiger partial charge in [0.1, 0.15) is 0 Å². The molecule has 0 radical (unpaired) electrons. The van der Waals surface area contributed by atoms with Crippen molar-refractivity contribution in [3.8, 4) is 0 Å². The van der Waals surface area contributed by atoms with Crippen molar-refractivity contribution in [2.24, 2.45) is 0 Å². The van der Waals surface area contributed by atoms with Crippen molar-refractivity contribution in [2.75, 3.05) is 23.7 Å². The average Bonchev–Trinajstić information content (AvgIpc) is 3.08. The van der Waals surface area contributed by atoms with Crippen LogP contribution in [0.5, 0.6) is 0 Å². The van der Waals surface area contributed by atoms with Crippen molar-refractivity contribution in [2.45, 2.75) is 57.2 Å². The fourth-order valence-electron chi connectivity index (χ4n) is 4.40. The van der Waals surface area contributed by atoms with Gasteiger partial charge in [0, 0.05) is 37.0 Å². The molecule has 2 atom stereocenters. The second kappa shape index (κ2) is 7.48. The van der Waals surface area contributed by atoms with Gasteiger partial charge in [-0.05, 0) is 45.2 Å². The van der Waals surface area contributed by atoms with E-state index in [9.17, 15) is 14.7 Å². The van der Waals surface area contributed by atoms with Crippen molar-refractivity contribution in [1.29, 1.82) is 0 Å². The summed E-state index contributed by atoms with van der Waals surface area (Å²) < 4.78 is 1.60. The highest BCUT2D eigenvalue weighted by molar-refractivity contribution is 5.92. The number of aromatic nitrogens is 3. The Bertz CT molecular complexity index is 953. The number of aliphatic hydroxyl groups is 1. The number of nitrogen functional groups attached to an aromatic ring is 1. The van der Waals surface area contributed by atoms with Crippen LogP contribution < -0.4 is 21.5 Å². The highest BCUT2D eigenvalue weighted by atomic mass is 16.3. The average molecular weight is 386 g/mol. The second-order valence-corrected chi connectivity index (χ2v) is 7.71. The number of nitrogens with two attached hydrogens (primary N) is 1. The monoisotopic (exact) mass is 386 g/mol. The van der Waals surface area contributed by atoms with Gasteiger partial charge < -0.3 is 16.2 Å². The number of aliphatic hydroxyl groups excluding tert-OH is 1. The minimum atomic E-state index is -0.422. The van der Waals surface area contributed by atoms with Crippen molar-refractivity contribution in [3.63, 3.8) is 0 Å². The second-order valence-electron chi connectivity index (χ2n) is 7.71. The topological polar surface area (TPSA) is 126 Å². The molecule has 2 aliphatic rings. The van der Waals surface area contributed by atoms with Gasteiger partial charge in [-0.15, -0.1) is 0 Å². The number of carbonyl (C=O) groups excluding carboxylic acids is 1. The number of pyridine rings is 1. The van der Waals surface area contributed by atoms with Gasteiger partial charge in [-0.2, -0.15) is 4.98 Å². The third-order valence-electron chi connectivity index (χ3n) is 5.78. The molecular weight excluding hydrogens is 360 g/mol. The number of amides is 1. The Labute approximate surface area is 162 Å². The summed E-state index contributed by atoms with van der Waals surface area (Å²) in [5, 5.41) is 13.8. The molecular formula is C19H26N6O3. The zero-order chi connectivity index (χ0) is 19.8. The maximum Gasteiger partial charge on any atom is 0.254 e. The standard InChI is InChI=1S/C19H26N6O3/c1-11(26)24(12-4-6-21-7-5-12)19-22-10-15-16(20)9-17(28)25(18(15)23-19)13-2-3-14(27)8-13/h9-10,12-14,21,27H,2-8,20H2,1H3/t13-,14-/m1/s1. The molecule has 4 rings (SSSR count). The zero-order valence-corrected chi connectivity index (χ0v) is 16.0. The minimum absolute atomic E-state index is 0.0192. The van der Waals surface area contributed by atoms with Crippen molar-refractivity contribution < 1.29 is 9.90 Å². The summed E-state index contributed by atoms with van der Waals surface area (Å²) >= 11 is 0. The number of anilines is 2. The third kappa shape index (κ3) is 3.35. The van der Waals surface area contributed by atoms with Crippen LogP contribution in [0.15, 0.2) is 17.1 Å². The molecule has 3 heterocycles. The highest BCUT2D eigenvalue weighted by Gasteiger charge is 2.30. The van der Waals surface area contributed by atoms with Gasteiger partial charge in [0.25, 0.3) is 5.56 Å². The molecule has 1 saturated carbocycles. The Hall–Kier alpha value is -2.52. The summed E-state index contributed by atoms with van der Waals surface area (Å²) in [4.78, 5) is 35.8. The van der Waals surface area contributed by atoms with E-state index in [1.165, 1.54) is 13.0 Å². The maximum atomic E-state index is 12.7. The molecule has 1 aliphatic heterocycles. The van der Waals surface area contributed by atoms with Crippen LogP contribution in [0.4, 0.5) is 11.6 Å². The van der Waals surface area contributed by atoms with Crippen LogP contribution in [0.1, 0.15) is 45.1 Å². The number of hydrogen-bond acceptors (Lipinski definition) is 7. The predicted molar refractivity (Wildman–Crippen MR) is 106 cm³/mol. The van der Waals surface area contributed by atoms with Crippen LogP contribution in [-0.4, -0.2) is 50.8 Å². The summed E-state index contributed by atoms with van der Waals surface area (Å²) in [6.07, 6.45) is 4.65. The van der Waals surface area contributed by atoms with Crippen molar-refractivity contribution in [3.05, 3.63) is 22.6 Å². The number of fused-ring (bicyclic) bond motifs is 1. The van der Waals surface area contributed by atoms with E-state index in [0.29, 0.717) is 41.9 Å². The first-order valence-corrected chi connectivity index (χ1v) is 9.82. The number of piperidine rings is 1. The maximum absolute atomic E-state index is 12.7. The van der Waals surface area contributed by atoms with Crippen LogP contribution in [0.2, 0.25) is 0 Å². The number of nitrogens with zero attached hydrogens (tertiary/aromatic N) is 4. The first-order valence-electron chi connectivity index (χ1n) is 9.82. The Balaban J connectivity index is 1.84. The summed E-state index contributed by atoms with van der Waals surface area (Å²) in [7, 11) is 0. The van der Waals surface area contributed by atoms with Gasteiger partial charge in [0.15, 0.2) is 5.65 Å². The smallest absolute Gasteiger partial charge is 0.254 e. The van der Waals surface area contributed by atoms with Gasteiger partial charge in [-0.1, -0.05) is 0 Å². The van der Waals surface area contributed by atoms with Gasteiger partial charge >= 0.3 is 0 Å². The summed E-state index contributed by atoms with van der Waals surface area (Å²) in [5.74, 6) is 0.171. The highest BCUT2D eigenvalue weighted by Crippen LogP contribution is 2.32. The van der Waals surface area contributed by atoms with Crippen molar-refractivity contribution >= 4 is 28.6 Å². The molecule has 0 bridgehead atoms. The van der Waals surface area contributed by atoms with Gasteiger partial charge in [-0.25, -0.2) is 4.98 Å². The zero-order valence-electron chi connectivity index (χ0n) is 16.0. The summed E-state index contributed by atoms with van der Waals surface area (Å²) in [6, 6.07) is 1.26. The van der Waals surface area contributed by atoms with E-state index in [1.807, 2.05) is 0 Å². The molecule has 1 amide bonds. The lowest BCUT2D eigenvalue weighted by molar-refractivity contribution is -0.117. The molecule has 2 fully saturated rings. The molecule has 28 heavy (non-hydrogen) atoms. The Morgan fingerprint density at radius 1 is 1.32 bits per heavy atom. The molecule has 9 heteroatoms. The number of carbonyl (C=O) groups is 1. The number of nitrogens with one attached hydrogen (secondary N) is 1. The van der Waals surface area contributed by atoms with Gasteiger partial charge in [0.05, 0.1) is 11.5 Å². The summed E-state index contributed by atoms with van der Waals surface area (Å²) in [5.41, 5.74) is 6.55. The van der Waals surface area contributed by atoms with Gasteiger partial charge in [0.2, 0.25) is 11.9 Å². The minimum Gasteiger partial charge on any atom is -0.398 e. The fourth-order valence-corrected chi connectivity index (χ4v) is 4.40. The molecule has 4 N–H and O–H groups in total. The largest absolute Gasteiger partial charge is 0.398 e. The SMILES string of the molecule is CC(=O)N(c1ncc2c(N)cc(=O)n([C@@H]3CC[C@@H](O)C3)c2n1)C1CCNCC1. The lowest BCUT2D eigenvalue weighted by Gasteiger charge is -2.32. The summed E-state index contributed by atoms with van der Waals surface area (Å²) in [6.45, 7) is 3.18. The van der Waals surface area contributed by atoms with E-state index in [-0.39, 0.29) is 23.6 Å². The molecule has 2 aromatic rings. The van der Waals surface area contributed by atoms with E-state index in [0.717, 1.165) is 25.9 Å². The van der Waals surface area contributed by atoms with E-state index in [4.69, 9.17) is 5.73 Å². The first-order chi connectivity index (χ1) is 13.5. The third-order valence-corrected chi connectivity index (χ3v) is 5.78. The van der Waals surface area contributed by atoms with E-state index in [1.54, 1.807) is 15.7 Å². The molecule has 2 aromatic heterocycles. The molecule has 0 spiro atoms. The quantitative estimate of drug-likeness (QED) is 0.704. The number of rotatable bonds is 3. The van der Waals surface area contributed by atoms with Crippen LogP contribution >= 0.6 is 0 Å². The lowest BCUT2D eigenvalue weighted by atomic mass is 10.1. The number of hydrogen-bond donors (Lipinski definition) is 3. The van der Waals surface area contributed by atoms with Crippen LogP contribution in [0.25, 0.3) is 11.0 Å².